The Kier molecular flexibility index (Phi) is 2.87. The molecule has 1 heterocycles. The van der Waals surface area contributed by atoms with E-state index in [1.54, 1.807) is 0 Å². The molecule has 0 spiro atoms. The summed E-state index contributed by atoms with van der Waals surface area (Å²) in [4.78, 5) is 13.9. The Labute approximate surface area is 103 Å². The summed E-state index contributed by atoms with van der Waals surface area (Å²) in [7, 11) is -3.67. The van der Waals surface area contributed by atoms with E-state index in [2.05, 4.69) is 4.98 Å². The van der Waals surface area contributed by atoms with Crippen LogP contribution in [-0.2, 0) is 9.84 Å². The maximum Gasteiger partial charge on any atom is 0.311 e. The predicted molar refractivity (Wildman–Crippen MR) is 63.3 cm³/mol. The van der Waals surface area contributed by atoms with Crippen LogP contribution < -0.4 is 0 Å². The zero-order valence-electron chi connectivity index (χ0n) is 9.35. The van der Waals surface area contributed by atoms with Crippen molar-refractivity contribution in [3.05, 3.63) is 47.0 Å². The molecule has 2 rings (SSSR count). The van der Waals surface area contributed by atoms with E-state index in [0.29, 0.717) is 0 Å². The molecule has 0 aliphatic carbocycles. The molecule has 0 bridgehead atoms. The summed E-state index contributed by atoms with van der Waals surface area (Å²) in [6, 6.07) is 4.14. The Bertz CT molecular complexity index is 692. The molecule has 8 heteroatoms. The van der Waals surface area contributed by atoms with E-state index < -0.39 is 20.4 Å². The van der Waals surface area contributed by atoms with Crippen LogP contribution in [0.15, 0.2) is 41.8 Å². The smallest absolute Gasteiger partial charge is 0.300 e. The molecule has 2 aromatic rings. The first-order valence-electron chi connectivity index (χ1n) is 4.87. The molecule has 1 aromatic carbocycles. The second kappa shape index (κ2) is 4.22. The Morgan fingerprint density at radius 3 is 2.61 bits per heavy atom. The average Bonchev–Trinajstić information content (AvgIpc) is 2.80. The summed E-state index contributed by atoms with van der Waals surface area (Å²) in [6.45, 7) is 0. The second-order valence-corrected chi connectivity index (χ2v) is 5.61. The predicted octanol–water partition coefficient (Wildman–Crippen LogP) is 1.18. The van der Waals surface area contributed by atoms with Gasteiger partial charge in [0.15, 0.2) is 9.84 Å². The number of para-hydroxylation sites is 1. The first-order chi connectivity index (χ1) is 8.41. The number of aromatic nitrogens is 2. The van der Waals surface area contributed by atoms with Crippen LogP contribution >= 0.6 is 0 Å². The molecule has 0 saturated carbocycles. The Hall–Kier alpha value is -2.22. The Morgan fingerprint density at radius 2 is 2.11 bits per heavy atom. The lowest BCUT2D eigenvalue weighted by Crippen LogP contribution is -2.06. The number of nitrogens with zero attached hydrogens (tertiary/aromatic N) is 3. The van der Waals surface area contributed by atoms with Gasteiger partial charge < -0.3 is 4.57 Å². The summed E-state index contributed by atoms with van der Waals surface area (Å²) >= 11 is 0. The van der Waals surface area contributed by atoms with Crippen LogP contribution in [-0.4, -0.2) is 29.1 Å². The maximum atomic E-state index is 11.6. The second-order valence-electron chi connectivity index (χ2n) is 3.62. The largest absolute Gasteiger partial charge is 0.311 e. The number of benzene rings is 1. The highest BCUT2D eigenvalue weighted by Gasteiger charge is 2.26. The highest BCUT2D eigenvalue weighted by atomic mass is 32.2. The number of hydrogen-bond acceptors (Lipinski definition) is 5. The SMILES string of the molecule is CS(=O)(=O)c1cccc(-n2ccnc2)c1[N+](=O)[O-]. The number of hydrogen-bond donors (Lipinski definition) is 0. The molecule has 0 N–H and O–H groups in total. The van der Waals surface area contributed by atoms with E-state index in [1.165, 1.54) is 41.5 Å². The molecule has 1 aromatic heterocycles. The van der Waals surface area contributed by atoms with E-state index >= 15 is 0 Å². The fourth-order valence-corrected chi connectivity index (χ4v) is 2.46. The zero-order chi connectivity index (χ0) is 13.3. The zero-order valence-corrected chi connectivity index (χ0v) is 10.2. The molecule has 0 aliphatic heterocycles. The molecule has 0 atom stereocenters. The topological polar surface area (TPSA) is 95.1 Å². The minimum Gasteiger partial charge on any atom is -0.300 e. The van der Waals surface area contributed by atoms with Crippen LogP contribution in [0.25, 0.3) is 5.69 Å². The van der Waals surface area contributed by atoms with Crippen molar-refractivity contribution < 1.29 is 13.3 Å². The van der Waals surface area contributed by atoms with Crippen molar-refractivity contribution in [2.75, 3.05) is 6.26 Å². The van der Waals surface area contributed by atoms with Crippen LogP contribution in [0.3, 0.4) is 0 Å². The van der Waals surface area contributed by atoms with Gasteiger partial charge in [-0.05, 0) is 12.1 Å². The molecule has 18 heavy (non-hydrogen) atoms. The van der Waals surface area contributed by atoms with Crippen molar-refractivity contribution in [2.24, 2.45) is 0 Å². The molecular weight excluding hydrogens is 258 g/mol. The van der Waals surface area contributed by atoms with Crippen molar-refractivity contribution in [1.82, 2.24) is 9.55 Å². The van der Waals surface area contributed by atoms with Crippen molar-refractivity contribution in [3.63, 3.8) is 0 Å². The lowest BCUT2D eigenvalue weighted by Gasteiger charge is -2.06. The van der Waals surface area contributed by atoms with Gasteiger partial charge in [0.2, 0.25) is 0 Å². The molecule has 0 unspecified atom stereocenters. The molecule has 94 valence electrons. The van der Waals surface area contributed by atoms with E-state index in [9.17, 15) is 18.5 Å². The quantitative estimate of drug-likeness (QED) is 0.614. The Morgan fingerprint density at radius 1 is 1.39 bits per heavy atom. The Balaban J connectivity index is 2.81. The summed E-state index contributed by atoms with van der Waals surface area (Å²) < 4.78 is 24.5. The first kappa shape index (κ1) is 12.2. The number of sulfone groups is 1. The molecule has 0 amide bonds. The molecule has 0 saturated heterocycles. The first-order valence-corrected chi connectivity index (χ1v) is 6.76. The summed E-state index contributed by atoms with van der Waals surface area (Å²) in [5, 5.41) is 11.1. The standard InChI is InChI=1S/C10H9N3O4S/c1-18(16,17)9-4-2-3-8(10(9)13(14)15)12-6-5-11-7-12/h2-7H,1H3. The van der Waals surface area contributed by atoms with Crippen LogP contribution in [0.5, 0.6) is 0 Å². The summed E-state index contributed by atoms with van der Waals surface area (Å²) in [5.74, 6) is 0. The van der Waals surface area contributed by atoms with Crippen LogP contribution in [0.2, 0.25) is 0 Å². The minimum absolute atomic E-state index is 0.167. The summed E-state index contributed by atoms with van der Waals surface area (Å²) in [6.07, 6.45) is 5.27. The third-order valence-electron chi connectivity index (χ3n) is 2.34. The summed E-state index contributed by atoms with van der Waals surface area (Å²) in [5.41, 5.74) is -0.279. The highest BCUT2D eigenvalue weighted by Crippen LogP contribution is 2.30. The number of nitro groups is 1. The van der Waals surface area contributed by atoms with Gasteiger partial charge in [0.25, 0.3) is 0 Å². The van der Waals surface area contributed by atoms with Gasteiger partial charge in [0.1, 0.15) is 10.6 Å². The molecule has 0 fully saturated rings. The van der Waals surface area contributed by atoms with Gasteiger partial charge in [-0.25, -0.2) is 13.4 Å². The number of imidazole rings is 1. The normalized spacial score (nSPS) is 11.4. The molecule has 0 radical (unpaired) electrons. The van der Waals surface area contributed by atoms with Crippen LogP contribution in [0.4, 0.5) is 5.69 Å². The lowest BCUT2D eigenvalue weighted by molar-refractivity contribution is -0.387. The van der Waals surface area contributed by atoms with Crippen LogP contribution in [0.1, 0.15) is 0 Å². The minimum atomic E-state index is -3.67. The van der Waals surface area contributed by atoms with Crippen molar-refractivity contribution >= 4 is 15.5 Å². The average molecular weight is 267 g/mol. The van der Waals surface area contributed by atoms with Crippen LogP contribution in [0, 0.1) is 10.1 Å². The fraction of sp³-hybridized carbons (Fsp3) is 0.100. The maximum absolute atomic E-state index is 11.6. The van der Waals surface area contributed by atoms with E-state index in [4.69, 9.17) is 0 Å². The third kappa shape index (κ3) is 2.09. The monoisotopic (exact) mass is 267 g/mol. The highest BCUT2D eigenvalue weighted by molar-refractivity contribution is 7.90. The van der Waals surface area contributed by atoms with E-state index in [-0.39, 0.29) is 10.6 Å². The van der Waals surface area contributed by atoms with Gasteiger partial charge in [-0.3, -0.25) is 10.1 Å². The van der Waals surface area contributed by atoms with E-state index in [1.807, 2.05) is 0 Å². The van der Waals surface area contributed by atoms with E-state index in [0.717, 1.165) is 6.26 Å². The number of rotatable bonds is 3. The van der Waals surface area contributed by atoms with Gasteiger partial charge >= 0.3 is 5.69 Å². The number of nitro benzene ring substituents is 1. The van der Waals surface area contributed by atoms with Gasteiger partial charge in [0, 0.05) is 18.6 Å². The third-order valence-corrected chi connectivity index (χ3v) is 3.47. The van der Waals surface area contributed by atoms with Gasteiger partial charge in [-0.15, -0.1) is 0 Å². The van der Waals surface area contributed by atoms with Crippen molar-refractivity contribution in [1.29, 1.82) is 0 Å². The van der Waals surface area contributed by atoms with Crippen molar-refractivity contribution in [2.45, 2.75) is 4.90 Å². The van der Waals surface area contributed by atoms with Gasteiger partial charge in [-0.2, -0.15) is 0 Å². The lowest BCUT2D eigenvalue weighted by atomic mass is 10.2. The molecule has 7 nitrogen and oxygen atoms in total. The van der Waals surface area contributed by atoms with Gasteiger partial charge in [0.05, 0.1) is 11.3 Å². The van der Waals surface area contributed by atoms with Crippen molar-refractivity contribution in [3.8, 4) is 5.69 Å². The van der Waals surface area contributed by atoms with Gasteiger partial charge in [-0.1, -0.05) is 6.07 Å². The molecule has 0 aliphatic rings. The fourth-order valence-electron chi connectivity index (χ4n) is 1.60. The molecular formula is C10H9N3O4S.